The quantitative estimate of drug-likeness (QED) is 0.911. The number of nitrogens with zero attached hydrogens (tertiary/aromatic N) is 1. The van der Waals surface area contributed by atoms with E-state index in [-0.39, 0.29) is 5.91 Å². The van der Waals surface area contributed by atoms with Crippen molar-refractivity contribution in [2.45, 2.75) is 6.42 Å². The highest BCUT2D eigenvalue weighted by atomic mass is 35.5. The van der Waals surface area contributed by atoms with Crippen LogP contribution in [0.25, 0.3) is 0 Å². The van der Waals surface area contributed by atoms with Crippen molar-refractivity contribution in [3.05, 3.63) is 64.2 Å². The average molecular weight is 300 g/mol. The Morgan fingerprint density at radius 1 is 1.24 bits per heavy atom. The van der Waals surface area contributed by atoms with Gasteiger partial charge in [0.15, 0.2) is 0 Å². The van der Waals surface area contributed by atoms with Gasteiger partial charge in [0.25, 0.3) is 5.91 Å². The molecule has 2 rings (SSSR count). The van der Waals surface area contributed by atoms with Crippen LogP contribution in [0.2, 0.25) is 5.02 Å². The first-order chi connectivity index (χ1) is 10.1. The number of carbonyl (C=O) groups excluding carboxylic acids is 1. The molecule has 4 nitrogen and oxygen atoms in total. The molecule has 0 heterocycles. The zero-order valence-corrected chi connectivity index (χ0v) is 12.0. The highest BCUT2D eigenvalue weighted by Gasteiger charge is 2.07. The summed E-state index contributed by atoms with van der Waals surface area (Å²) in [5, 5.41) is 11.9. The van der Waals surface area contributed by atoms with E-state index in [2.05, 4.69) is 5.32 Å². The Balaban J connectivity index is 2.10. The minimum Gasteiger partial charge on any atom is -0.330 e. The first-order valence-electron chi connectivity index (χ1n) is 6.44. The SMILES string of the molecule is N#Cc1ccc(NC(=O)c2ccc(CCN)cc2)cc1Cl. The molecule has 0 fully saturated rings. The third-order valence-electron chi connectivity index (χ3n) is 3.00. The van der Waals surface area contributed by atoms with Gasteiger partial charge in [0.2, 0.25) is 0 Å². The summed E-state index contributed by atoms with van der Waals surface area (Å²) in [6.07, 6.45) is 0.785. The fourth-order valence-corrected chi connectivity index (χ4v) is 2.10. The minimum atomic E-state index is -0.227. The second-order valence-electron chi connectivity index (χ2n) is 4.50. The van der Waals surface area contributed by atoms with E-state index in [0.717, 1.165) is 12.0 Å². The summed E-state index contributed by atoms with van der Waals surface area (Å²) >= 11 is 5.93. The molecule has 106 valence electrons. The molecule has 0 aliphatic carbocycles. The third-order valence-corrected chi connectivity index (χ3v) is 3.31. The van der Waals surface area contributed by atoms with Crippen molar-refractivity contribution in [2.24, 2.45) is 5.73 Å². The van der Waals surface area contributed by atoms with E-state index in [4.69, 9.17) is 22.6 Å². The number of rotatable bonds is 4. The molecule has 3 N–H and O–H groups in total. The van der Waals surface area contributed by atoms with Crippen LogP contribution in [0.3, 0.4) is 0 Å². The van der Waals surface area contributed by atoms with Crippen LogP contribution in [0, 0.1) is 11.3 Å². The molecule has 0 aromatic heterocycles. The van der Waals surface area contributed by atoms with E-state index >= 15 is 0 Å². The summed E-state index contributed by atoms with van der Waals surface area (Å²) in [7, 11) is 0. The predicted octanol–water partition coefficient (Wildman–Crippen LogP) is 2.97. The number of amides is 1. The van der Waals surface area contributed by atoms with Crippen molar-refractivity contribution in [1.82, 2.24) is 0 Å². The summed E-state index contributed by atoms with van der Waals surface area (Å²) in [6.45, 7) is 0.579. The Hall–Kier alpha value is -2.35. The lowest BCUT2D eigenvalue weighted by atomic mass is 10.1. The van der Waals surface area contributed by atoms with Crippen molar-refractivity contribution < 1.29 is 4.79 Å². The topological polar surface area (TPSA) is 78.9 Å². The molecular weight excluding hydrogens is 286 g/mol. The molecule has 2 aromatic rings. The van der Waals surface area contributed by atoms with E-state index < -0.39 is 0 Å². The minimum absolute atomic E-state index is 0.227. The van der Waals surface area contributed by atoms with Crippen LogP contribution in [0.4, 0.5) is 5.69 Å². The Bertz CT molecular complexity index is 690. The van der Waals surface area contributed by atoms with Gasteiger partial charge in [0.05, 0.1) is 10.6 Å². The van der Waals surface area contributed by atoms with Crippen LogP contribution in [-0.4, -0.2) is 12.5 Å². The summed E-state index contributed by atoms with van der Waals surface area (Å²) < 4.78 is 0. The largest absolute Gasteiger partial charge is 0.330 e. The highest BCUT2D eigenvalue weighted by Crippen LogP contribution is 2.20. The smallest absolute Gasteiger partial charge is 0.255 e. The van der Waals surface area contributed by atoms with Gasteiger partial charge in [0.1, 0.15) is 6.07 Å². The number of hydrogen-bond acceptors (Lipinski definition) is 3. The lowest BCUT2D eigenvalue weighted by Gasteiger charge is -2.07. The number of hydrogen-bond donors (Lipinski definition) is 2. The van der Waals surface area contributed by atoms with Gasteiger partial charge >= 0.3 is 0 Å². The van der Waals surface area contributed by atoms with Crippen molar-refractivity contribution in [2.75, 3.05) is 11.9 Å². The van der Waals surface area contributed by atoms with E-state index in [0.29, 0.717) is 28.4 Å². The van der Waals surface area contributed by atoms with E-state index in [1.807, 2.05) is 18.2 Å². The molecule has 1 amide bonds. The average Bonchev–Trinajstić information content (AvgIpc) is 2.48. The number of benzene rings is 2. The standard InChI is InChI=1S/C16H14ClN3O/c17-15-9-14(6-5-13(15)10-19)20-16(21)12-3-1-11(2-4-12)7-8-18/h1-6,9H,7-8,18H2,(H,20,21). The maximum atomic E-state index is 12.1. The van der Waals surface area contributed by atoms with Gasteiger partial charge in [0, 0.05) is 11.3 Å². The fourth-order valence-electron chi connectivity index (χ4n) is 1.88. The van der Waals surface area contributed by atoms with Gasteiger partial charge in [-0.1, -0.05) is 23.7 Å². The molecule has 0 unspecified atom stereocenters. The summed E-state index contributed by atoms with van der Waals surface area (Å²) in [5.74, 6) is -0.227. The Morgan fingerprint density at radius 2 is 1.95 bits per heavy atom. The molecule has 0 aliphatic heterocycles. The molecule has 0 aliphatic rings. The summed E-state index contributed by atoms with van der Waals surface area (Å²) in [4.78, 5) is 12.1. The molecule has 0 saturated carbocycles. The zero-order valence-electron chi connectivity index (χ0n) is 11.3. The Labute approximate surface area is 128 Å². The van der Waals surface area contributed by atoms with Gasteiger partial charge in [-0.25, -0.2) is 0 Å². The maximum absolute atomic E-state index is 12.1. The van der Waals surface area contributed by atoms with Crippen molar-refractivity contribution >= 4 is 23.2 Å². The Morgan fingerprint density at radius 3 is 2.52 bits per heavy atom. The molecule has 0 saturated heterocycles. The fraction of sp³-hybridized carbons (Fsp3) is 0.125. The molecule has 0 atom stereocenters. The number of nitrogens with one attached hydrogen (secondary N) is 1. The summed E-state index contributed by atoms with van der Waals surface area (Å²) in [6, 6.07) is 14.0. The normalized spacial score (nSPS) is 9.95. The molecule has 5 heteroatoms. The number of anilines is 1. The van der Waals surface area contributed by atoms with Crippen molar-refractivity contribution in [3.8, 4) is 6.07 Å². The number of nitrogens with two attached hydrogens (primary N) is 1. The third kappa shape index (κ3) is 3.82. The highest BCUT2D eigenvalue weighted by molar-refractivity contribution is 6.32. The van der Waals surface area contributed by atoms with E-state index in [1.54, 1.807) is 30.3 Å². The Kier molecular flexibility index (Phi) is 4.94. The van der Waals surface area contributed by atoms with E-state index in [1.165, 1.54) is 0 Å². The molecule has 0 bridgehead atoms. The summed E-state index contributed by atoms with van der Waals surface area (Å²) in [5.41, 5.74) is 8.06. The van der Waals surface area contributed by atoms with Crippen LogP contribution in [-0.2, 0) is 6.42 Å². The second-order valence-corrected chi connectivity index (χ2v) is 4.90. The van der Waals surface area contributed by atoms with Crippen LogP contribution < -0.4 is 11.1 Å². The second kappa shape index (κ2) is 6.89. The zero-order chi connectivity index (χ0) is 15.2. The molecule has 0 spiro atoms. The van der Waals surface area contributed by atoms with Crippen LogP contribution in [0.5, 0.6) is 0 Å². The molecule has 0 radical (unpaired) electrons. The van der Waals surface area contributed by atoms with E-state index in [9.17, 15) is 4.79 Å². The van der Waals surface area contributed by atoms with Gasteiger partial charge in [-0.3, -0.25) is 4.79 Å². The van der Waals surface area contributed by atoms with Crippen molar-refractivity contribution in [3.63, 3.8) is 0 Å². The maximum Gasteiger partial charge on any atom is 0.255 e. The van der Waals surface area contributed by atoms with Crippen LogP contribution in [0.15, 0.2) is 42.5 Å². The lowest BCUT2D eigenvalue weighted by Crippen LogP contribution is -2.12. The van der Waals surface area contributed by atoms with Crippen molar-refractivity contribution in [1.29, 1.82) is 5.26 Å². The predicted molar refractivity (Wildman–Crippen MR) is 83.3 cm³/mol. The lowest BCUT2D eigenvalue weighted by molar-refractivity contribution is 0.102. The first kappa shape index (κ1) is 15.0. The number of halogens is 1. The van der Waals surface area contributed by atoms with Gasteiger partial charge in [-0.05, 0) is 48.9 Å². The number of carbonyl (C=O) groups is 1. The molecule has 2 aromatic carbocycles. The van der Waals surface area contributed by atoms with Crippen LogP contribution >= 0.6 is 11.6 Å². The van der Waals surface area contributed by atoms with Gasteiger partial charge < -0.3 is 11.1 Å². The first-order valence-corrected chi connectivity index (χ1v) is 6.82. The molecule has 21 heavy (non-hydrogen) atoms. The van der Waals surface area contributed by atoms with Gasteiger partial charge in [-0.15, -0.1) is 0 Å². The molecular formula is C16H14ClN3O. The number of nitriles is 1. The van der Waals surface area contributed by atoms with Gasteiger partial charge in [-0.2, -0.15) is 5.26 Å². The monoisotopic (exact) mass is 299 g/mol. The van der Waals surface area contributed by atoms with Crippen LogP contribution in [0.1, 0.15) is 21.5 Å².